The third-order valence-corrected chi connectivity index (χ3v) is 2.43. The highest BCUT2D eigenvalue weighted by Gasteiger charge is 2.15. The molecule has 6 nitrogen and oxygen atoms in total. The first-order valence-corrected chi connectivity index (χ1v) is 5.81. The number of aliphatic hydroxyl groups excluding tert-OH is 1. The van der Waals surface area contributed by atoms with Crippen molar-refractivity contribution in [2.75, 3.05) is 19.8 Å². The maximum absolute atomic E-state index is 8.58. The van der Waals surface area contributed by atoms with Gasteiger partial charge in [0.05, 0.1) is 6.61 Å². The number of aliphatic hydroxyl groups is 1. The van der Waals surface area contributed by atoms with Crippen molar-refractivity contribution in [2.45, 2.75) is 32.2 Å². The van der Waals surface area contributed by atoms with Gasteiger partial charge in [-0.2, -0.15) is 0 Å². The summed E-state index contributed by atoms with van der Waals surface area (Å²) in [5.74, 6) is 0.953. The molecular formula is C11H17NO5. The fourth-order valence-electron chi connectivity index (χ4n) is 1.60. The molecule has 17 heavy (non-hydrogen) atoms. The van der Waals surface area contributed by atoms with Gasteiger partial charge in [0.2, 0.25) is 0 Å². The van der Waals surface area contributed by atoms with Gasteiger partial charge in [-0.3, -0.25) is 0 Å². The molecular weight excluding hydrogens is 226 g/mol. The number of rotatable bonds is 6. The normalized spacial score (nSPS) is 20.4. The van der Waals surface area contributed by atoms with Crippen molar-refractivity contribution in [3.63, 3.8) is 0 Å². The van der Waals surface area contributed by atoms with E-state index in [1.807, 2.05) is 0 Å². The highest BCUT2D eigenvalue weighted by Crippen LogP contribution is 2.17. The fourth-order valence-corrected chi connectivity index (χ4v) is 1.60. The monoisotopic (exact) mass is 243 g/mol. The second kappa shape index (κ2) is 6.58. The van der Waals surface area contributed by atoms with E-state index in [2.05, 4.69) is 5.16 Å². The zero-order valence-electron chi connectivity index (χ0n) is 9.63. The van der Waals surface area contributed by atoms with Gasteiger partial charge in [-0.25, -0.2) is 0 Å². The maximum Gasteiger partial charge on any atom is 0.254 e. The van der Waals surface area contributed by atoms with Crippen LogP contribution >= 0.6 is 0 Å². The van der Waals surface area contributed by atoms with Crippen LogP contribution in [0.25, 0.3) is 0 Å². The molecule has 1 atom stereocenters. The van der Waals surface area contributed by atoms with E-state index < -0.39 is 0 Å². The Balaban J connectivity index is 1.72. The second-order valence-corrected chi connectivity index (χ2v) is 3.81. The lowest BCUT2D eigenvalue weighted by Gasteiger charge is -2.21. The minimum absolute atomic E-state index is 0.0470. The van der Waals surface area contributed by atoms with E-state index >= 15 is 0 Å². The summed E-state index contributed by atoms with van der Waals surface area (Å²) >= 11 is 0. The van der Waals surface area contributed by atoms with E-state index in [0.29, 0.717) is 18.2 Å². The third-order valence-electron chi connectivity index (χ3n) is 2.43. The summed E-state index contributed by atoms with van der Waals surface area (Å²) in [6.45, 7) is 1.24. The maximum atomic E-state index is 8.58. The highest BCUT2D eigenvalue weighted by atomic mass is 16.7. The Bertz CT molecular complexity index is 321. The number of hydrogen-bond acceptors (Lipinski definition) is 6. The molecule has 0 radical (unpaired) electrons. The van der Waals surface area contributed by atoms with Crippen molar-refractivity contribution in [1.82, 2.24) is 5.16 Å². The van der Waals surface area contributed by atoms with E-state index in [1.54, 1.807) is 6.07 Å². The van der Waals surface area contributed by atoms with Crippen LogP contribution in [-0.2, 0) is 16.1 Å². The summed E-state index contributed by atoms with van der Waals surface area (Å²) in [5, 5.41) is 12.3. The van der Waals surface area contributed by atoms with E-state index in [9.17, 15) is 0 Å². The average molecular weight is 243 g/mol. The molecule has 0 aliphatic carbocycles. The lowest BCUT2D eigenvalue weighted by atomic mass is 10.2. The molecule has 0 saturated carbocycles. The molecule has 0 spiro atoms. The SMILES string of the molecule is OCCOc1cc(COC2CCCCO2)on1. The highest BCUT2D eigenvalue weighted by molar-refractivity contribution is 5.10. The smallest absolute Gasteiger partial charge is 0.254 e. The molecule has 1 aromatic heterocycles. The lowest BCUT2D eigenvalue weighted by Crippen LogP contribution is -2.21. The van der Waals surface area contributed by atoms with Crippen LogP contribution < -0.4 is 4.74 Å². The molecule has 0 aromatic carbocycles. The fraction of sp³-hybridized carbons (Fsp3) is 0.727. The van der Waals surface area contributed by atoms with Gasteiger partial charge in [-0.1, -0.05) is 0 Å². The Morgan fingerprint density at radius 2 is 2.41 bits per heavy atom. The molecule has 1 aliphatic heterocycles. The molecule has 1 saturated heterocycles. The first-order chi connectivity index (χ1) is 8.38. The number of aromatic nitrogens is 1. The van der Waals surface area contributed by atoms with Crippen molar-refractivity contribution < 1.29 is 23.8 Å². The Hall–Kier alpha value is -1.11. The number of ether oxygens (including phenoxy) is 3. The molecule has 1 aliphatic rings. The molecule has 1 aromatic rings. The first kappa shape index (κ1) is 12.3. The molecule has 2 rings (SSSR count). The minimum atomic E-state index is -0.143. The lowest BCUT2D eigenvalue weighted by molar-refractivity contribution is -0.171. The largest absolute Gasteiger partial charge is 0.473 e. The van der Waals surface area contributed by atoms with Crippen molar-refractivity contribution in [3.8, 4) is 5.88 Å². The van der Waals surface area contributed by atoms with Crippen LogP contribution in [0.15, 0.2) is 10.6 Å². The molecule has 1 fully saturated rings. The zero-order chi connectivity index (χ0) is 11.9. The van der Waals surface area contributed by atoms with Gasteiger partial charge < -0.3 is 23.8 Å². The molecule has 2 heterocycles. The summed E-state index contributed by atoms with van der Waals surface area (Å²) in [6.07, 6.45) is 3.01. The van der Waals surface area contributed by atoms with Gasteiger partial charge in [-0.15, -0.1) is 0 Å². The Morgan fingerprint density at radius 3 is 3.18 bits per heavy atom. The van der Waals surface area contributed by atoms with Crippen molar-refractivity contribution in [2.24, 2.45) is 0 Å². The molecule has 0 bridgehead atoms. The number of hydrogen-bond donors (Lipinski definition) is 1. The topological polar surface area (TPSA) is 74.0 Å². The van der Waals surface area contributed by atoms with E-state index in [0.717, 1.165) is 25.9 Å². The summed E-state index contributed by atoms with van der Waals surface area (Å²) in [6, 6.07) is 1.65. The van der Waals surface area contributed by atoms with Gasteiger partial charge in [0.15, 0.2) is 12.1 Å². The third kappa shape index (κ3) is 3.99. The first-order valence-electron chi connectivity index (χ1n) is 5.81. The standard InChI is InChI=1S/C11H17NO5/c13-4-6-14-10-7-9(17-12-10)8-16-11-3-1-2-5-15-11/h7,11,13H,1-6,8H2. The van der Waals surface area contributed by atoms with Crippen LogP contribution in [0.3, 0.4) is 0 Å². The summed E-state index contributed by atoms with van der Waals surface area (Å²) in [4.78, 5) is 0. The molecule has 1 unspecified atom stereocenters. The Labute approximate surface area is 99.4 Å². The van der Waals surface area contributed by atoms with Crippen molar-refractivity contribution >= 4 is 0 Å². The summed E-state index contributed by atoms with van der Waals surface area (Å²) in [5.41, 5.74) is 0. The predicted molar refractivity (Wildman–Crippen MR) is 57.5 cm³/mol. The van der Waals surface area contributed by atoms with Crippen molar-refractivity contribution in [3.05, 3.63) is 11.8 Å². The molecule has 6 heteroatoms. The quantitative estimate of drug-likeness (QED) is 0.806. The summed E-state index contributed by atoms with van der Waals surface area (Å²) < 4.78 is 21.1. The van der Waals surface area contributed by atoms with E-state index in [4.69, 9.17) is 23.8 Å². The molecule has 0 amide bonds. The van der Waals surface area contributed by atoms with Crippen LogP contribution in [0.4, 0.5) is 0 Å². The van der Waals surface area contributed by atoms with Crippen molar-refractivity contribution in [1.29, 1.82) is 0 Å². The zero-order valence-corrected chi connectivity index (χ0v) is 9.63. The predicted octanol–water partition coefficient (Wildman–Crippen LogP) is 1.09. The molecule has 96 valence electrons. The van der Waals surface area contributed by atoms with Crippen LogP contribution in [0.2, 0.25) is 0 Å². The average Bonchev–Trinajstić information content (AvgIpc) is 2.83. The van der Waals surface area contributed by atoms with Crippen LogP contribution in [-0.4, -0.2) is 36.4 Å². The Kier molecular flexibility index (Phi) is 4.78. The number of nitrogens with zero attached hydrogens (tertiary/aromatic N) is 1. The van der Waals surface area contributed by atoms with Gasteiger partial charge >= 0.3 is 0 Å². The second-order valence-electron chi connectivity index (χ2n) is 3.81. The van der Waals surface area contributed by atoms with Gasteiger partial charge in [-0.05, 0) is 24.4 Å². The van der Waals surface area contributed by atoms with Crippen LogP contribution in [0.5, 0.6) is 5.88 Å². The Morgan fingerprint density at radius 1 is 1.47 bits per heavy atom. The van der Waals surface area contributed by atoms with Gasteiger partial charge in [0.25, 0.3) is 5.88 Å². The van der Waals surface area contributed by atoms with Gasteiger partial charge in [0.1, 0.15) is 13.2 Å². The van der Waals surface area contributed by atoms with E-state index in [-0.39, 0.29) is 19.5 Å². The minimum Gasteiger partial charge on any atom is -0.473 e. The van der Waals surface area contributed by atoms with Gasteiger partial charge in [0, 0.05) is 12.7 Å². The molecule has 1 N–H and O–H groups in total. The summed E-state index contributed by atoms with van der Waals surface area (Å²) in [7, 11) is 0. The van der Waals surface area contributed by atoms with Crippen LogP contribution in [0.1, 0.15) is 25.0 Å². The van der Waals surface area contributed by atoms with Crippen LogP contribution in [0, 0.1) is 0 Å². The van der Waals surface area contributed by atoms with E-state index in [1.165, 1.54) is 0 Å².